The number of hydrogen-bond donors (Lipinski definition) is 1. The fourth-order valence-electron chi connectivity index (χ4n) is 2.77. The van der Waals surface area contributed by atoms with Crippen molar-refractivity contribution in [3.63, 3.8) is 0 Å². The summed E-state index contributed by atoms with van der Waals surface area (Å²) in [6, 6.07) is -0.357. The van der Waals surface area contributed by atoms with Gasteiger partial charge in [0.15, 0.2) is 0 Å². The summed E-state index contributed by atoms with van der Waals surface area (Å²) in [6.07, 6.45) is 1.96. The van der Waals surface area contributed by atoms with E-state index in [9.17, 15) is 9.90 Å². The molecule has 0 aliphatic carbocycles. The molecule has 17 heavy (non-hydrogen) atoms. The van der Waals surface area contributed by atoms with E-state index in [2.05, 4.69) is 16.8 Å². The van der Waals surface area contributed by atoms with Gasteiger partial charge >= 0.3 is 5.97 Å². The molecule has 2 unspecified atom stereocenters. The van der Waals surface area contributed by atoms with Crippen LogP contribution in [0.1, 0.15) is 12.8 Å². The maximum Gasteiger partial charge on any atom is 0.321 e. The third-order valence-corrected chi connectivity index (χ3v) is 3.83. The predicted octanol–water partition coefficient (Wildman–Crippen LogP) is 0.114. The molecule has 0 amide bonds. The van der Waals surface area contributed by atoms with E-state index in [-0.39, 0.29) is 12.0 Å². The number of carbonyl (C=O) groups is 1. The van der Waals surface area contributed by atoms with Crippen LogP contribution in [-0.4, -0.2) is 73.4 Å². The van der Waals surface area contributed by atoms with E-state index in [4.69, 9.17) is 4.74 Å². The summed E-state index contributed by atoms with van der Waals surface area (Å²) < 4.78 is 5.42. The van der Waals surface area contributed by atoms with Gasteiger partial charge in [0.1, 0.15) is 6.04 Å². The highest BCUT2D eigenvalue weighted by Crippen LogP contribution is 2.22. The highest BCUT2D eigenvalue weighted by Gasteiger charge is 2.35. The van der Waals surface area contributed by atoms with E-state index < -0.39 is 5.97 Å². The first-order valence-corrected chi connectivity index (χ1v) is 6.41. The molecule has 0 aromatic rings. The van der Waals surface area contributed by atoms with E-state index in [1.165, 1.54) is 0 Å². The van der Waals surface area contributed by atoms with Crippen molar-refractivity contribution in [1.82, 2.24) is 9.80 Å². The maximum atomic E-state index is 11.5. The van der Waals surface area contributed by atoms with Crippen molar-refractivity contribution in [3.05, 3.63) is 0 Å². The Balaban J connectivity index is 1.98. The van der Waals surface area contributed by atoms with Gasteiger partial charge in [-0.25, -0.2) is 0 Å². The molecule has 2 rings (SSSR count). The number of rotatable bonds is 3. The molecule has 5 heteroatoms. The lowest BCUT2D eigenvalue weighted by atomic mass is 9.92. The minimum Gasteiger partial charge on any atom is -0.480 e. The van der Waals surface area contributed by atoms with Gasteiger partial charge in [0.05, 0.1) is 6.61 Å². The van der Waals surface area contributed by atoms with Gasteiger partial charge in [-0.2, -0.15) is 0 Å². The summed E-state index contributed by atoms with van der Waals surface area (Å²) in [5.41, 5.74) is 0. The molecule has 2 fully saturated rings. The van der Waals surface area contributed by atoms with Crippen molar-refractivity contribution in [2.24, 2.45) is 5.92 Å². The van der Waals surface area contributed by atoms with Crippen LogP contribution in [-0.2, 0) is 9.53 Å². The molecule has 5 nitrogen and oxygen atoms in total. The molecular formula is C12H22N2O3. The highest BCUT2D eigenvalue weighted by atomic mass is 16.5. The van der Waals surface area contributed by atoms with E-state index >= 15 is 0 Å². The molecule has 2 aliphatic rings. The third kappa shape index (κ3) is 3.18. The second kappa shape index (κ2) is 5.80. The zero-order valence-electron chi connectivity index (χ0n) is 10.5. The van der Waals surface area contributed by atoms with Gasteiger partial charge in [-0.1, -0.05) is 0 Å². The summed E-state index contributed by atoms with van der Waals surface area (Å²) >= 11 is 0. The van der Waals surface area contributed by atoms with Gasteiger partial charge in [0.2, 0.25) is 0 Å². The number of carboxylic acids is 1. The van der Waals surface area contributed by atoms with Crippen LogP contribution in [0.5, 0.6) is 0 Å². The summed E-state index contributed by atoms with van der Waals surface area (Å²) in [6.45, 7) is 5.00. The van der Waals surface area contributed by atoms with Crippen LogP contribution in [0, 0.1) is 5.92 Å². The Morgan fingerprint density at radius 2 is 2.06 bits per heavy atom. The fourth-order valence-corrected chi connectivity index (χ4v) is 2.77. The monoisotopic (exact) mass is 242 g/mol. The van der Waals surface area contributed by atoms with E-state index in [0.717, 1.165) is 45.6 Å². The SMILES string of the molecule is CN1CCN(C(C(=O)O)C2CCCOC2)CC1. The Kier molecular flexibility index (Phi) is 4.36. The van der Waals surface area contributed by atoms with Gasteiger partial charge in [0.25, 0.3) is 0 Å². The Bertz CT molecular complexity index is 258. The molecule has 98 valence electrons. The number of piperazine rings is 1. The lowest BCUT2D eigenvalue weighted by Gasteiger charge is -2.40. The van der Waals surface area contributed by atoms with E-state index in [1.54, 1.807) is 0 Å². The van der Waals surface area contributed by atoms with Crippen molar-refractivity contribution >= 4 is 5.97 Å². The fraction of sp³-hybridized carbons (Fsp3) is 0.917. The first kappa shape index (κ1) is 12.8. The average molecular weight is 242 g/mol. The second-order valence-electron chi connectivity index (χ2n) is 5.10. The first-order valence-electron chi connectivity index (χ1n) is 6.41. The molecule has 2 heterocycles. The minimum absolute atomic E-state index is 0.157. The second-order valence-corrected chi connectivity index (χ2v) is 5.10. The molecular weight excluding hydrogens is 220 g/mol. The molecule has 0 bridgehead atoms. The topological polar surface area (TPSA) is 53.0 Å². The molecule has 2 saturated heterocycles. The molecule has 2 atom stereocenters. The summed E-state index contributed by atoms with van der Waals surface area (Å²) in [5, 5.41) is 9.43. The molecule has 1 N–H and O–H groups in total. The molecule has 2 aliphatic heterocycles. The summed E-state index contributed by atoms with van der Waals surface area (Å²) in [5.74, 6) is -0.533. The summed E-state index contributed by atoms with van der Waals surface area (Å²) in [4.78, 5) is 15.8. The van der Waals surface area contributed by atoms with E-state index in [0.29, 0.717) is 6.61 Å². The Labute approximate surface area is 102 Å². The number of carboxylic acid groups (broad SMARTS) is 1. The molecule has 0 radical (unpaired) electrons. The van der Waals surface area contributed by atoms with Crippen LogP contribution in [0.25, 0.3) is 0 Å². The van der Waals surface area contributed by atoms with Crippen LogP contribution in [0.2, 0.25) is 0 Å². The van der Waals surface area contributed by atoms with Crippen molar-refractivity contribution in [1.29, 1.82) is 0 Å². The number of aliphatic carboxylic acids is 1. The Morgan fingerprint density at radius 1 is 1.35 bits per heavy atom. The Morgan fingerprint density at radius 3 is 2.59 bits per heavy atom. The Hall–Kier alpha value is -0.650. The largest absolute Gasteiger partial charge is 0.480 e. The van der Waals surface area contributed by atoms with Crippen LogP contribution >= 0.6 is 0 Å². The number of likely N-dealkylation sites (N-methyl/N-ethyl adjacent to an activating group) is 1. The van der Waals surface area contributed by atoms with Crippen molar-refractivity contribution in [3.8, 4) is 0 Å². The van der Waals surface area contributed by atoms with Gasteiger partial charge in [-0.3, -0.25) is 9.69 Å². The van der Waals surface area contributed by atoms with Gasteiger partial charge in [-0.15, -0.1) is 0 Å². The molecule has 0 saturated carbocycles. The quantitative estimate of drug-likeness (QED) is 0.761. The summed E-state index contributed by atoms with van der Waals surface area (Å²) in [7, 11) is 2.08. The molecule has 0 aromatic carbocycles. The lowest BCUT2D eigenvalue weighted by Crippen LogP contribution is -2.55. The first-order chi connectivity index (χ1) is 8.18. The average Bonchev–Trinajstić information content (AvgIpc) is 2.33. The lowest BCUT2D eigenvalue weighted by molar-refractivity contribution is -0.149. The maximum absolute atomic E-state index is 11.5. The van der Waals surface area contributed by atoms with Crippen LogP contribution < -0.4 is 0 Å². The van der Waals surface area contributed by atoms with Crippen molar-refractivity contribution in [2.75, 3.05) is 46.4 Å². The van der Waals surface area contributed by atoms with Crippen LogP contribution in [0.4, 0.5) is 0 Å². The van der Waals surface area contributed by atoms with Crippen molar-refractivity contribution < 1.29 is 14.6 Å². The van der Waals surface area contributed by atoms with Crippen LogP contribution in [0.15, 0.2) is 0 Å². The highest BCUT2D eigenvalue weighted by molar-refractivity contribution is 5.74. The smallest absolute Gasteiger partial charge is 0.321 e. The normalized spacial score (nSPS) is 30.1. The minimum atomic E-state index is -0.690. The van der Waals surface area contributed by atoms with E-state index in [1.807, 2.05) is 0 Å². The van der Waals surface area contributed by atoms with Gasteiger partial charge < -0.3 is 14.7 Å². The molecule has 0 aromatic heterocycles. The number of ether oxygens (including phenoxy) is 1. The van der Waals surface area contributed by atoms with Gasteiger partial charge in [-0.05, 0) is 19.9 Å². The zero-order chi connectivity index (χ0) is 12.3. The standard InChI is InChI=1S/C12H22N2O3/c1-13-4-6-14(7-5-13)11(12(15)16)10-3-2-8-17-9-10/h10-11H,2-9H2,1H3,(H,15,16). The third-order valence-electron chi connectivity index (χ3n) is 3.83. The van der Waals surface area contributed by atoms with Crippen molar-refractivity contribution in [2.45, 2.75) is 18.9 Å². The zero-order valence-corrected chi connectivity index (χ0v) is 10.5. The number of hydrogen-bond acceptors (Lipinski definition) is 4. The van der Waals surface area contributed by atoms with Crippen LogP contribution in [0.3, 0.4) is 0 Å². The predicted molar refractivity (Wildman–Crippen MR) is 64.0 cm³/mol. The molecule has 0 spiro atoms. The van der Waals surface area contributed by atoms with Gasteiger partial charge in [0, 0.05) is 38.7 Å². The number of nitrogens with zero attached hydrogens (tertiary/aromatic N) is 2.